The average Bonchev–Trinajstić information content (AvgIpc) is 1.87. The summed E-state index contributed by atoms with van der Waals surface area (Å²) in [5.74, 6) is 0. The number of halogens is 1. The molecule has 2 nitrogen and oxygen atoms in total. The second-order valence-corrected chi connectivity index (χ2v) is 2.20. The number of hydrogen-bond acceptors (Lipinski definition) is 2. The quantitative estimate of drug-likeness (QED) is 0.512. The van der Waals surface area contributed by atoms with Crippen LogP contribution >= 0.6 is 12.4 Å². The van der Waals surface area contributed by atoms with Gasteiger partial charge in [0.05, 0.1) is 6.10 Å². The first-order valence-corrected chi connectivity index (χ1v) is 2.65. The van der Waals surface area contributed by atoms with Gasteiger partial charge in [0.2, 0.25) is 0 Å². The molecule has 0 spiro atoms. The Morgan fingerprint density at radius 2 is 2.25 bits per heavy atom. The first-order chi connectivity index (χ1) is 3.29. The lowest BCUT2D eigenvalue weighted by Gasteiger charge is -2.02. The lowest BCUT2D eigenvalue weighted by molar-refractivity contribution is 0.183. The van der Waals surface area contributed by atoms with Gasteiger partial charge in [-0.1, -0.05) is 0 Å². The maximum atomic E-state index is 8.86. The lowest BCUT2D eigenvalue weighted by Crippen LogP contribution is -2.15. The highest BCUT2D eigenvalue weighted by atomic mass is 35.5. The Balaban J connectivity index is 0.000000490. The number of β-amino-alcohol motifs (C(OH)–C–C–N with tert-alkyl or cyclic N) is 1. The molecule has 1 N–H and O–H groups in total. The van der Waals surface area contributed by atoms with Crippen LogP contribution in [0.3, 0.4) is 0 Å². The van der Waals surface area contributed by atoms with Crippen LogP contribution in [-0.2, 0) is 0 Å². The van der Waals surface area contributed by atoms with Crippen LogP contribution in [0, 0.1) is 0 Å². The van der Waals surface area contributed by atoms with Crippen molar-refractivity contribution in [2.75, 3.05) is 20.1 Å². The summed E-state index contributed by atoms with van der Waals surface area (Å²) in [6.07, 6.45) is 0.904. The van der Waals surface area contributed by atoms with E-state index >= 15 is 0 Å². The van der Waals surface area contributed by atoms with Gasteiger partial charge in [-0.2, -0.15) is 0 Å². The maximum Gasteiger partial charge on any atom is 0.0679 e. The standard InChI is InChI=1S/C5H11NO.ClH/c1-6-3-2-5(7)4-6;/h5,7H,2-4H2,1H3;1H. The number of nitrogens with zero attached hydrogens (tertiary/aromatic N) is 1. The molecule has 1 unspecified atom stereocenters. The Hall–Kier alpha value is 0.210. The molecular formula is C5H12ClNO. The minimum atomic E-state index is -0.0509. The van der Waals surface area contributed by atoms with Crippen molar-refractivity contribution in [3.63, 3.8) is 0 Å². The van der Waals surface area contributed by atoms with Gasteiger partial charge in [-0.15, -0.1) is 12.4 Å². The molecule has 1 rings (SSSR count). The SMILES string of the molecule is CN1CCC(O)C1.Cl. The van der Waals surface area contributed by atoms with Crippen molar-refractivity contribution < 1.29 is 5.11 Å². The summed E-state index contributed by atoms with van der Waals surface area (Å²) >= 11 is 0. The second-order valence-electron chi connectivity index (χ2n) is 2.20. The van der Waals surface area contributed by atoms with E-state index in [0.717, 1.165) is 19.5 Å². The van der Waals surface area contributed by atoms with Crippen LogP contribution < -0.4 is 0 Å². The molecule has 0 aromatic heterocycles. The number of likely N-dealkylation sites (N-methyl/N-ethyl adjacent to an activating group) is 1. The molecule has 0 saturated carbocycles. The fraction of sp³-hybridized carbons (Fsp3) is 1.00. The van der Waals surface area contributed by atoms with Crippen molar-refractivity contribution in [2.24, 2.45) is 0 Å². The summed E-state index contributed by atoms with van der Waals surface area (Å²) in [5.41, 5.74) is 0. The molecule has 1 saturated heterocycles. The van der Waals surface area contributed by atoms with Gasteiger partial charge in [-0.25, -0.2) is 0 Å². The van der Waals surface area contributed by atoms with Gasteiger partial charge in [-0.05, 0) is 13.5 Å². The predicted molar refractivity (Wildman–Crippen MR) is 35.4 cm³/mol. The highest BCUT2D eigenvalue weighted by molar-refractivity contribution is 5.85. The average molecular weight is 138 g/mol. The second kappa shape index (κ2) is 3.28. The van der Waals surface area contributed by atoms with Crippen molar-refractivity contribution in [3.8, 4) is 0 Å². The summed E-state index contributed by atoms with van der Waals surface area (Å²) < 4.78 is 0. The monoisotopic (exact) mass is 137 g/mol. The molecule has 0 aromatic rings. The fourth-order valence-corrected chi connectivity index (χ4v) is 0.912. The van der Waals surface area contributed by atoms with E-state index in [1.165, 1.54) is 0 Å². The van der Waals surface area contributed by atoms with E-state index in [4.69, 9.17) is 5.11 Å². The fourth-order valence-electron chi connectivity index (χ4n) is 0.912. The van der Waals surface area contributed by atoms with Gasteiger partial charge in [0.1, 0.15) is 0 Å². The number of rotatable bonds is 0. The highest BCUT2D eigenvalue weighted by Gasteiger charge is 2.14. The summed E-state index contributed by atoms with van der Waals surface area (Å²) in [4.78, 5) is 2.13. The lowest BCUT2D eigenvalue weighted by atomic mass is 10.3. The largest absolute Gasteiger partial charge is 0.392 e. The maximum absolute atomic E-state index is 8.86. The van der Waals surface area contributed by atoms with Crippen molar-refractivity contribution in [2.45, 2.75) is 12.5 Å². The van der Waals surface area contributed by atoms with E-state index in [1.807, 2.05) is 7.05 Å². The van der Waals surface area contributed by atoms with E-state index in [0.29, 0.717) is 0 Å². The molecule has 0 radical (unpaired) electrons. The Bertz CT molecular complexity index is 61.4. The molecule has 0 aromatic carbocycles. The summed E-state index contributed by atoms with van der Waals surface area (Å²) in [6, 6.07) is 0. The molecule has 50 valence electrons. The topological polar surface area (TPSA) is 23.5 Å². The minimum absolute atomic E-state index is 0. The molecule has 0 aliphatic carbocycles. The zero-order valence-electron chi connectivity index (χ0n) is 5.00. The van der Waals surface area contributed by atoms with Gasteiger partial charge >= 0.3 is 0 Å². The molecule has 3 heteroatoms. The van der Waals surface area contributed by atoms with Crippen molar-refractivity contribution in [3.05, 3.63) is 0 Å². The molecule has 1 heterocycles. The molecule has 8 heavy (non-hydrogen) atoms. The first-order valence-electron chi connectivity index (χ1n) is 2.65. The van der Waals surface area contributed by atoms with Crippen LogP contribution in [0.5, 0.6) is 0 Å². The molecule has 1 fully saturated rings. The van der Waals surface area contributed by atoms with E-state index in [1.54, 1.807) is 0 Å². The molecule has 1 aliphatic rings. The molecule has 0 amide bonds. The summed E-state index contributed by atoms with van der Waals surface area (Å²) in [5, 5.41) is 8.86. The highest BCUT2D eigenvalue weighted by Crippen LogP contribution is 2.03. The number of aliphatic hydroxyl groups is 1. The smallest absolute Gasteiger partial charge is 0.0679 e. The number of hydrogen-bond donors (Lipinski definition) is 1. The van der Waals surface area contributed by atoms with Gasteiger partial charge in [0.25, 0.3) is 0 Å². The Morgan fingerprint density at radius 3 is 2.38 bits per heavy atom. The van der Waals surface area contributed by atoms with E-state index in [9.17, 15) is 0 Å². The molecule has 1 aliphatic heterocycles. The molecular weight excluding hydrogens is 126 g/mol. The van der Waals surface area contributed by atoms with Crippen LogP contribution in [0.25, 0.3) is 0 Å². The van der Waals surface area contributed by atoms with Gasteiger partial charge < -0.3 is 10.0 Å². The Morgan fingerprint density at radius 1 is 1.62 bits per heavy atom. The zero-order chi connectivity index (χ0) is 5.28. The van der Waals surface area contributed by atoms with Crippen LogP contribution in [-0.4, -0.2) is 36.2 Å². The van der Waals surface area contributed by atoms with Gasteiger partial charge in [-0.3, -0.25) is 0 Å². The van der Waals surface area contributed by atoms with Crippen LogP contribution in [0.15, 0.2) is 0 Å². The zero-order valence-corrected chi connectivity index (χ0v) is 5.82. The summed E-state index contributed by atoms with van der Waals surface area (Å²) in [7, 11) is 2.02. The van der Waals surface area contributed by atoms with Crippen molar-refractivity contribution >= 4 is 12.4 Å². The van der Waals surface area contributed by atoms with Crippen LogP contribution in [0.2, 0.25) is 0 Å². The normalized spacial score (nSPS) is 30.0. The van der Waals surface area contributed by atoms with Gasteiger partial charge in [0, 0.05) is 13.1 Å². The molecule has 0 bridgehead atoms. The van der Waals surface area contributed by atoms with Crippen molar-refractivity contribution in [1.82, 2.24) is 4.90 Å². The molecule has 1 atom stereocenters. The van der Waals surface area contributed by atoms with E-state index in [2.05, 4.69) is 4.90 Å². The summed E-state index contributed by atoms with van der Waals surface area (Å²) in [6.45, 7) is 1.92. The Labute approximate surface area is 55.9 Å². The minimum Gasteiger partial charge on any atom is -0.392 e. The third-order valence-electron chi connectivity index (χ3n) is 1.37. The predicted octanol–water partition coefficient (Wildman–Crippen LogP) is 0.105. The third kappa shape index (κ3) is 1.99. The number of aliphatic hydroxyl groups excluding tert-OH is 1. The van der Waals surface area contributed by atoms with E-state index in [-0.39, 0.29) is 18.5 Å². The van der Waals surface area contributed by atoms with Crippen molar-refractivity contribution in [1.29, 1.82) is 0 Å². The van der Waals surface area contributed by atoms with Gasteiger partial charge in [0.15, 0.2) is 0 Å². The number of likely N-dealkylation sites (tertiary alicyclic amines) is 1. The van der Waals surface area contributed by atoms with Crippen LogP contribution in [0.1, 0.15) is 6.42 Å². The van der Waals surface area contributed by atoms with E-state index < -0.39 is 0 Å². The first kappa shape index (κ1) is 8.21. The third-order valence-corrected chi connectivity index (χ3v) is 1.37. The van der Waals surface area contributed by atoms with Crippen LogP contribution in [0.4, 0.5) is 0 Å². The Kier molecular flexibility index (Phi) is 3.36.